The van der Waals surface area contributed by atoms with E-state index in [1.807, 2.05) is 26.2 Å². The van der Waals surface area contributed by atoms with Gasteiger partial charge in [0, 0.05) is 57.0 Å². The van der Waals surface area contributed by atoms with Crippen LogP contribution >= 0.6 is 0 Å². The van der Waals surface area contributed by atoms with Gasteiger partial charge in [0.25, 0.3) is 0 Å². The average Bonchev–Trinajstić information content (AvgIpc) is 2.89. The molecule has 1 N–H and O–H groups in total. The fourth-order valence-electron chi connectivity index (χ4n) is 3.68. The lowest BCUT2D eigenvalue weighted by Gasteiger charge is -2.23. The van der Waals surface area contributed by atoms with Crippen LogP contribution < -0.4 is 10.1 Å². The van der Waals surface area contributed by atoms with Gasteiger partial charge in [-0.1, -0.05) is 31.5 Å². The number of fused-ring (bicyclic) bond motifs is 1. The van der Waals surface area contributed by atoms with Gasteiger partial charge < -0.3 is 10.1 Å². The molecule has 3 rings (SSSR count). The first kappa shape index (κ1) is 20.4. The SMILES string of the molecule is CCCCC1CN(CCC(=O)NCc2cn(C)nc2C)Cc2ccccc2O1. The number of para-hydroxylation sites is 1. The van der Waals surface area contributed by atoms with Crippen molar-refractivity contribution in [3.63, 3.8) is 0 Å². The number of aryl methyl sites for hydroxylation is 2. The highest BCUT2D eigenvalue weighted by Crippen LogP contribution is 2.26. The van der Waals surface area contributed by atoms with E-state index in [1.165, 1.54) is 5.56 Å². The molecule has 2 heterocycles. The minimum Gasteiger partial charge on any atom is -0.489 e. The number of hydrogen-bond acceptors (Lipinski definition) is 4. The second-order valence-electron chi connectivity index (χ2n) is 7.67. The maximum absolute atomic E-state index is 12.4. The summed E-state index contributed by atoms with van der Waals surface area (Å²) in [7, 11) is 1.90. The van der Waals surface area contributed by atoms with Gasteiger partial charge in [0.1, 0.15) is 11.9 Å². The van der Waals surface area contributed by atoms with Crippen molar-refractivity contribution < 1.29 is 9.53 Å². The third kappa shape index (κ3) is 5.58. The van der Waals surface area contributed by atoms with E-state index in [-0.39, 0.29) is 12.0 Å². The van der Waals surface area contributed by atoms with Gasteiger partial charge in [-0.15, -0.1) is 0 Å². The van der Waals surface area contributed by atoms with Crippen molar-refractivity contribution in [1.29, 1.82) is 0 Å². The topological polar surface area (TPSA) is 59.4 Å². The Morgan fingerprint density at radius 1 is 1.36 bits per heavy atom. The highest BCUT2D eigenvalue weighted by atomic mass is 16.5. The lowest BCUT2D eigenvalue weighted by Crippen LogP contribution is -2.35. The summed E-state index contributed by atoms with van der Waals surface area (Å²) in [5.41, 5.74) is 3.23. The Morgan fingerprint density at radius 2 is 2.18 bits per heavy atom. The summed E-state index contributed by atoms with van der Waals surface area (Å²) in [4.78, 5) is 14.7. The van der Waals surface area contributed by atoms with Crippen molar-refractivity contribution in [3.8, 4) is 5.75 Å². The molecule has 1 amide bonds. The van der Waals surface area contributed by atoms with E-state index in [0.717, 1.165) is 55.9 Å². The molecule has 0 fully saturated rings. The summed E-state index contributed by atoms with van der Waals surface area (Å²) >= 11 is 0. The molecule has 1 aliphatic heterocycles. The number of nitrogens with one attached hydrogen (secondary N) is 1. The Labute approximate surface area is 167 Å². The van der Waals surface area contributed by atoms with Crippen molar-refractivity contribution in [3.05, 3.63) is 47.3 Å². The Morgan fingerprint density at radius 3 is 2.93 bits per heavy atom. The highest BCUT2D eigenvalue weighted by Gasteiger charge is 2.22. The zero-order valence-corrected chi connectivity index (χ0v) is 17.3. The van der Waals surface area contributed by atoms with E-state index in [4.69, 9.17) is 4.74 Å². The van der Waals surface area contributed by atoms with Gasteiger partial charge >= 0.3 is 0 Å². The van der Waals surface area contributed by atoms with E-state index in [9.17, 15) is 4.79 Å². The minimum atomic E-state index is 0.0758. The van der Waals surface area contributed by atoms with E-state index in [1.54, 1.807) is 4.68 Å². The molecule has 28 heavy (non-hydrogen) atoms. The van der Waals surface area contributed by atoms with Crippen LogP contribution in [0.3, 0.4) is 0 Å². The van der Waals surface area contributed by atoms with Gasteiger partial charge in [-0.05, 0) is 25.8 Å². The minimum absolute atomic E-state index is 0.0758. The number of ether oxygens (including phenoxy) is 1. The molecule has 0 saturated heterocycles. The molecule has 0 saturated carbocycles. The summed E-state index contributed by atoms with van der Waals surface area (Å²) in [5.74, 6) is 1.06. The third-order valence-electron chi connectivity index (χ3n) is 5.25. The summed E-state index contributed by atoms with van der Waals surface area (Å²) in [6.07, 6.45) is 6.00. The van der Waals surface area contributed by atoms with E-state index < -0.39 is 0 Å². The number of hydrogen-bond donors (Lipinski definition) is 1. The molecule has 1 aromatic carbocycles. The zero-order chi connectivity index (χ0) is 19.9. The van der Waals surface area contributed by atoms with Crippen molar-refractivity contribution in [2.24, 2.45) is 7.05 Å². The van der Waals surface area contributed by atoms with Gasteiger partial charge in [-0.3, -0.25) is 14.4 Å². The van der Waals surface area contributed by atoms with Gasteiger partial charge in [-0.2, -0.15) is 5.10 Å². The van der Waals surface area contributed by atoms with Gasteiger partial charge in [0.15, 0.2) is 0 Å². The number of carbonyl (C=O) groups excluding carboxylic acids is 1. The summed E-state index contributed by atoms with van der Waals surface area (Å²) in [5, 5.41) is 7.34. The molecule has 152 valence electrons. The maximum Gasteiger partial charge on any atom is 0.221 e. The number of amides is 1. The largest absolute Gasteiger partial charge is 0.489 e. The van der Waals surface area contributed by atoms with Crippen molar-refractivity contribution >= 4 is 5.91 Å². The normalized spacial score (nSPS) is 16.9. The molecule has 6 heteroatoms. The molecule has 1 atom stereocenters. The molecule has 0 spiro atoms. The summed E-state index contributed by atoms with van der Waals surface area (Å²) in [6.45, 7) is 7.13. The number of unbranched alkanes of at least 4 members (excludes halogenated alkanes) is 1. The van der Waals surface area contributed by atoms with Crippen LogP contribution in [0.4, 0.5) is 0 Å². The van der Waals surface area contributed by atoms with E-state index in [0.29, 0.717) is 13.0 Å². The monoisotopic (exact) mass is 384 g/mol. The molecule has 2 aromatic rings. The third-order valence-corrected chi connectivity index (χ3v) is 5.25. The molecule has 0 aliphatic carbocycles. The van der Waals surface area contributed by atoms with Crippen LogP contribution in [0.25, 0.3) is 0 Å². The lowest BCUT2D eigenvalue weighted by atomic mass is 10.1. The first-order valence-corrected chi connectivity index (χ1v) is 10.3. The van der Waals surface area contributed by atoms with Crippen LogP contribution in [0.15, 0.2) is 30.5 Å². The molecule has 1 aliphatic rings. The smallest absolute Gasteiger partial charge is 0.221 e. The fourth-order valence-corrected chi connectivity index (χ4v) is 3.68. The number of nitrogens with zero attached hydrogens (tertiary/aromatic N) is 3. The second-order valence-corrected chi connectivity index (χ2v) is 7.67. The second kappa shape index (κ2) is 9.73. The molecule has 6 nitrogen and oxygen atoms in total. The molecule has 1 unspecified atom stereocenters. The maximum atomic E-state index is 12.4. The van der Waals surface area contributed by atoms with Gasteiger partial charge in [0.05, 0.1) is 5.69 Å². The zero-order valence-electron chi connectivity index (χ0n) is 17.3. The highest BCUT2D eigenvalue weighted by molar-refractivity contribution is 5.76. The number of carbonyl (C=O) groups is 1. The Balaban J connectivity index is 1.54. The molecular formula is C22H32N4O2. The summed E-state index contributed by atoms with van der Waals surface area (Å²) < 4.78 is 8.05. The Hall–Kier alpha value is -2.34. The standard InChI is InChI=1S/C22H32N4O2/c1-4-5-9-20-16-26(15-18-8-6-7-10-21(18)28-20)12-11-22(27)23-13-19-14-25(3)24-17(19)2/h6-8,10,14,20H,4-5,9,11-13,15-16H2,1-3H3,(H,23,27). The average molecular weight is 385 g/mol. The molecule has 0 bridgehead atoms. The van der Waals surface area contributed by atoms with Crippen molar-refractivity contribution in [2.45, 2.75) is 58.7 Å². The predicted molar refractivity (Wildman–Crippen MR) is 110 cm³/mol. The predicted octanol–water partition coefficient (Wildman–Crippen LogP) is 3.19. The Bertz CT molecular complexity index is 787. The van der Waals surface area contributed by atoms with Crippen LogP contribution in [0, 0.1) is 6.92 Å². The Kier molecular flexibility index (Phi) is 7.09. The van der Waals surface area contributed by atoms with Crippen LogP contribution in [0.5, 0.6) is 5.75 Å². The van der Waals surface area contributed by atoms with Crippen LogP contribution in [-0.4, -0.2) is 39.8 Å². The quantitative estimate of drug-likeness (QED) is 0.759. The van der Waals surface area contributed by atoms with E-state index >= 15 is 0 Å². The fraction of sp³-hybridized carbons (Fsp3) is 0.545. The van der Waals surface area contributed by atoms with Crippen LogP contribution in [0.1, 0.15) is 49.4 Å². The molecular weight excluding hydrogens is 352 g/mol. The number of aromatic nitrogens is 2. The molecule has 1 aromatic heterocycles. The first-order valence-electron chi connectivity index (χ1n) is 10.3. The van der Waals surface area contributed by atoms with Gasteiger partial charge in [0.2, 0.25) is 5.91 Å². The number of benzene rings is 1. The van der Waals surface area contributed by atoms with Crippen LogP contribution in [-0.2, 0) is 24.9 Å². The first-order chi connectivity index (χ1) is 13.5. The molecule has 0 radical (unpaired) electrons. The lowest BCUT2D eigenvalue weighted by molar-refractivity contribution is -0.121. The van der Waals surface area contributed by atoms with Crippen molar-refractivity contribution in [1.82, 2.24) is 20.0 Å². The van der Waals surface area contributed by atoms with Gasteiger partial charge in [-0.25, -0.2) is 0 Å². The van der Waals surface area contributed by atoms with Crippen LogP contribution in [0.2, 0.25) is 0 Å². The summed E-state index contributed by atoms with van der Waals surface area (Å²) in [6, 6.07) is 8.26. The van der Waals surface area contributed by atoms with E-state index in [2.05, 4.69) is 40.4 Å². The number of rotatable bonds is 8. The van der Waals surface area contributed by atoms with Crippen molar-refractivity contribution in [2.75, 3.05) is 13.1 Å².